The summed E-state index contributed by atoms with van der Waals surface area (Å²) in [4.78, 5) is 0. The highest BCUT2D eigenvalue weighted by Gasteiger charge is 1.96. The molecule has 0 heterocycles. The van der Waals surface area contributed by atoms with Gasteiger partial charge in [-0.1, -0.05) is 18.1 Å². The molecule has 0 unspecified atom stereocenters. The SMILES string of the molecule is C#CC.CC#Cc1cc(CO)ccc1N.Nc1ccc(CO)cc1I. The molecule has 2 aromatic rings. The fourth-order valence-corrected chi connectivity index (χ4v) is 2.19. The van der Waals surface area contributed by atoms with Gasteiger partial charge in [0, 0.05) is 20.5 Å². The van der Waals surface area contributed by atoms with Gasteiger partial charge in [-0.15, -0.1) is 18.3 Å². The Bertz CT molecular complexity index is 771. The van der Waals surface area contributed by atoms with E-state index in [1.54, 1.807) is 38.1 Å². The quantitative estimate of drug-likeness (QED) is 0.322. The first-order chi connectivity index (χ1) is 11.9. The lowest BCUT2D eigenvalue weighted by Gasteiger charge is -2.00. The number of rotatable bonds is 2. The van der Waals surface area contributed by atoms with E-state index in [1.165, 1.54) is 0 Å². The van der Waals surface area contributed by atoms with E-state index in [1.807, 2.05) is 12.1 Å². The number of benzene rings is 2. The summed E-state index contributed by atoms with van der Waals surface area (Å²) in [6, 6.07) is 10.8. The molecule has 0 spiro atoms. The van der Waals surface area contributed by atoms with Crippen LogP contribution in [0.4, 0.5) is 11.4 Å². The highest BCUT2D eigenvalue weighted by atomic mass is 127. The standard InChI is InChI=1S/C10H11NO.C7H8INO.C3H4/c1-2-3-9-6-8(7-12)4-5-10(9)11;8-6-3-5(4-10)1-2-7(6)9;1-3-2/h4-6,12H,7,11H2,1H3;1-3,10H,4,9H2;1H,2H3. The first-order valence-electron chi connectivity index (χ1n) is 7.37. The summed E-state index contributed by atoms with van der Waals surface area (Å²) in [5, 5.41) is 17.5. The molecule has 0 radical (unpaired) electrons. The van der Waals surface area contributed by atoms with Gasteiger partial charge in [0.15, 0.2) is 0 Å². The van der Waals surface area contributed by atoms with E-state index < -0.39 is 0 Å². The van der Waals surface area contributed by atoms with Crippen LogP contribution < -0.4 is 11.5 Å². The third-order valence-corrected chi connectivity index (χ3v) is 3.74. The first kappa shape index (κ1) is 22.8. The van der Waals surface area contributed by atoms with E-state index in [2.05, 4.69) is 46.8 Å². The molecule has 0 aliphatic rings. The second-order valence-electron chi connectivity index (χ2n) is 4.76. The number of aliphatic hydroxyl groups is 2. The van der Waals surface area contributed by atoms with Crippen LogP contribution in [-0.2, 0) is 13.2 Å². The highest BCUT2D eigenvalue weighted by Crippen LogP contribution is 2.15. The number of hydrogen-bond acceptors (Lipinski definition) is 4. The van der Waals surface area contributed by atoms with Crippen LogP contribution >= 0.6 is 22.6 Å². The molecule has 0 saturated heterocycles. The van der Waals surface area contributed by atoms with Crippen molar-refractivity contribution < 1.29 is 10.2 Å². The van der Waals surface area contributed by atoms with Crippen molar-refractivity contribution in [1.29, 1.82) is 0 Å². The maximum absolute atomic E-state index is 8.83. The van der Waals surface area contributed by atoms with Crippen LogP contribution in [0, 0.1) is 27.8 Å². The Kier molecular flexibility index (Phi) is 12.0. The molecule has 0 fully saturated rings. The van der Waals surface area contributed by atoms with Crippen LogP contribution in [0.3, 0.4) is 0 Å². The van der Waals surface area contributed by atoms with E-state index in [4.69, 9.17) is 21.7 Å². The Balaban J connectivity index is 0.000000403. The fourth-order valence-electron chi connectivity index (χ4n) is 1.61. The highest BCUT2D eigenvalue weighted by molar-refractivity contribution is 14.1. The molecule has 0 aromatic heterocycles. The Morgan fingerprint density at radius 1 is 0.960 bits per heavy atom. The van der Waals surface area contributed by atoms with Crippen LogP contribution in [0.15, 0.2) is 36.4 Å². The van der Waals surface area contributed by atoms with Crippen LogP contribution in [0.25, 0.3) is 0 Å². The second-order valence-corrected chi connectivity index (χ2v) is 5.92. The van der Waals surface area contributed by atoms with Gasteiger partial charge in [-0.3, -0.25) is 0 Å². The molecule has 5 heteroatoms. The number of halogens is 1. The molecule has 2 aromatic carbocycles. The van der Waals surface area contributed by atoms with E-state index in [0.29, 0.717) is 5.69 Å². The third-order valence-electron chi connectivity index (χ3n) is 2.81. The average Bonchev–Trinajstić information content (AvgIpc) is 2.61. The van der Waals surface area contributed by atoms with Crippen molar-refractivity contribution >= 4 is 34.0 Å². The van der Waals surface area contributed by atoms with Gasteiger partial charge in [-0.05, 0) is 71.8 Å². The molecule has 6 N–H and O–H groups in total. The van der Waals surface area contributed by atoms with Gasteiger partial charge in [0.05, 0.1) is 13.2 Å². The molecule has 0 atom stereocenters. The summed E-state index contributed by atoms with van der Waals surface area (Å²) in [5.74, 6) is 7.88. The molecule has 0 aliphatic heterocycles. The molecule has 4 nitrogen and oxygen atoms in total. The van der Waals surface area contributed by atoms with E-state index in [0.717, 1.165) is 25.9 Å². The summed E-state index contributed by atoms with van der Waals surface area (Å²) in [7, 11) is 0. The summed E-state index contributed by atoms with van der Waals surface area (Å²) < 4.78 is 0.990. The van der Waals surface area contributed by atoms with E-state index in [-0.39, 0.29) is 13.2 Å². The lowest BCUT2D eigenvalue weighted by Crippen LogP contribution is -1.92. The minimum Gasteiger partial charge on any atom is -0.398 e. The molecule has 0 bridgehead atoms. The third kappa shape index (κ3) is 9.02. The second kappa shape index (κ2) is 13.1. The minimum atomic E-state index is 0.0265. The Morgan fingerprint density at radius 2 is 1.44 bits per heavy atom. The number of hydrogen-bond donors (Lipinski definition) is 4. The fraction of sp³-hybridized carbons (Fsp3) is 0.200. The van der Waals surface area contributed by atoms with Crippen molar-refractivity contribution in [3.63, 3.8) is 0 Å². The summed E-state index contributed by atoms with van der Waals surface area (Å²) in [6.07, 6.45) is 4.60. The lowest BCUT2D eigenvalue weighted by molar-refractivity contribution is 0.281. The summed E-state index contributed by atoms with van der Waals surface area (Å²) >= 11 is 2.14. The topological polar surface area (TPSA) is 92.5 Å². The number of nitrogens with two attached hydrogens (primary N) is 2. The number of terminal acetylenes is 1. The van der Waals surface area contributed by atoms with Crippen LogP contribution in [-0.4, -0.2) is 10.2 Å². The molecule has 132 valence electrons. The summed E-state index contributed by atoms with van der Waals surface area (Å²) in [6.45, 7) is 3.51. The maximum Gasteiger partial charge on any atom is 0.0682 e. The first-order valence-corrected chi connectivity index (χ1v) is 8.45. The van der Waals surface area contributed by atoms with Gasteiger partial charge in [-0.2, -0.15) is 0 Å². The minimum absolute atomic E-state index is 0.0265. The van der Waals surface area contributed by atoms with Gasteiger partial charge in [-0.25, -0.2) is 0 Å². The lowest BCUT2D eigenvalue weighted by atomic mass is 10.1. The van der Waals surface area contributed by atoms with Crippen molar-refractivity contribution in [3.8, 4) is 24.2 Å². The van der Waals surface area contributed by atoms with E-state index >= 15 is 0 Å². The Morgan fingerprint density at radius 3 is 1.88 bits per heavy atom. The van der Waals surface area contributed by atoms with Crippen molar-refractivity contribution in [1.82, 2.24) is 0 Å². The van der Waals surface area contributed by atoms with Gasteiger partial charge in [0.2, 0.25) is 0 Å². The Labute approximate surface area is 163 Å². The zero-order chi connectivity index (χ0) is 19.2. The van der Waals surface area contributed by atoms with Crippen molar-refractivity contribution in [2.45, 2.75) is 27.1 Å². The van der Waals surface area contributed by atoms with Gasteiger partial charge >= 0.3 is 0 Å². The van der Waals surface area contributed by atoms with Crippen LogP contribution in [0.5, 0.6) is 0 Å². The summed E-state index contributed by atoms with van der Waals surface area (Å²) in [5.41, 5.74) is 15.1. The maximum atomic E-state index is 8.83. The predicted octanol–water partition coefficient (Wildman–Crippen LogP) is 3.14. The average molecular weight is 450 g/mol. The van der Waals surface area contributed by atoms with Crippen molar-refractivity contribution in [2.24, 2.45) is 0 Å². The molecule has 0 aliphatic carbocycles. The largest absolute Gasteiger partial charge is 0.398 e. The van der Waals surface area contributed by atoms with Crippen molar-refractivity contribution in [2.75, 3.05) is 11.5 Å². The molecule has 0 saturated carbocycles. The van der Waals surface area contributed by atoms with Crippen LogP contribution in [0.1, 0.15) is 30.5 Å². The van der Waals surface area contributed by atoms with Gasteiger partial charge < -0.3 is 21.7 Å². The monoisotopic (exact) mass is 450 g/mol. The zero-order valence-electron chi connectivity index (χ0n) is 14.4. The van der Waals surface area contributed by atoms with Crippen LogP contribution in [0.2, 0.25) is 0 Å². The molecule has 25 heavy (non-hydrogen) atoms. The van der Waals surface area contributed by atoms with Gasteiger partial charge in [0.25, 0.3) is 0 Å². The predicted molar refractivity (Wildman–Crippen MR) is 113 cm³/mol. The number of nitrogen functional groups attached to an aromatic ring is 2. The molecular formula is C20H23IN2O2. The molecule has 0 amide bonds. The number of aliphatic hydroxyl groups excluding tert-OH is 2. The normalized spacial score (nSPS) is 8.48. The van der Waals surface area contributed by atoms with Crippen molar-refractivity contribution in [3.05, 3.63) is 56.7 Å². The van der Waals surface area contributed by atoms with E-state index in [9.17, 15) is 0 Å². The molecule has 2 rings (SSSR count). The Hall–Kier alpha value is -2.19. The smallest absolute Gasteiger partial charge is 0.0682 e. The molecular weight excluding hydrogens is 427 g/mol. The zero-order valence-corrected chi connectivity index (χ0v) is 16.5. The number of anilines is 2. The van der Waals surface area contributed by atoms with Gasteiger partial charge in [0.1, 0.15) is 0 Å².